The van der Waals surface area contributed by atoms with Crippen molar-refractivity contribution in [1.82, 2.24) is 15.6 Å². The summed E-state index contributed by atoms with van der Waals surface area (Å²) >= 11 is 0. The van der Waals surface area contributed by atoms with Crippen LogP contribution in [-0.2, 0) is 13.0 Å². The topological polar surface area (TPSA) is 67.8 Å². The van der Waals surface area contributed by atoms with Crippen LogP contribution in [0.5, 0.6) is 17.4 Å². The minimum Gasteiger partial charge on any atom is -0.497 e. The SMILES string of the molecule is CN=C(NCCCc1ccccc1)NCc1ccc(Oc2ccc(OC)cc2)nc1. The van der Waals surface area contributed by atoms with Crippen molar-refractivity contribution < 1.29 is 9.47 Å². The van der Waals surface area contributed by atoms with E-state index in [2.05, 4.69) is 44.9 Å². The molecule has 2 N–H and O–H groups in total. The number of guanidine groups is 1. The molecule has 0 spiro atoms. The summed E-state index contributed by atoms with van der Waals surface area (Å²) < 4.78 is 10.9. The first-order chi connectivity index (χ1) is 14.8. The second kappa shape index (κ2) is 11.5. The monoisotopic (exact) mass is 404 g/mol. The summed E-state index contributed by atoms with van der Waals surface area (Å²) in [5, 5.41) is 6.66. The number of ether oxygens (including phenoxy) is 2. The van der Waals surface area contributed by atoms with Gasteiger partial charge in [0.15, 0.2) is 5.96 Å². The van der Waals surface area contributed by atoms with Crippen molar-refractivity contribution in [2.24, 2.45) is 4.99 Å². The molecule has 30 heavy (non-hydrogen) atoms. The standard InChI is InChI=1S/C24H28N4O2/c1-25-24(26-16-6-9-19-7-4-3-5-8-19)28-18-20-10-15-23(27-17-20)30-22-13-11-21(29-2)12-14-22/h3-5,7-8,10-15,17H,6,9,16,18H2,1-2H3,(H2,25,26,28). The molecule has 2 aromatic carbocycles. The zero-order valence-corrected chi connectivity index (χ0v) is 17.5. The normalized spacial score (nSPS) is 11.1. The van der Waals surface area contributed by atoms with Crippen LogP contribution in [0.3, 0.4) is 0 Å². The van der Waals surface area contributed by atoms with Crippen molar-refractivity contribution in [2.45, 2.75) is 19.4 Å². The quantitative estimate of drug-likeness (QED) is 0.318. The third-order valence-electron chi connectivity index (χ3n) is 4.54. The number of hydrogen-bond donors (Lipinski definition) is 2. The highest BCUT2D eigenvalue weighted by molar-refractivity contribution is 5.79. The predicted octanol–water partition coefficient (Wildman–Crippen LogP) is 4.18. The molecule has 0 aliphatic rings. The molecule has 3 aromatic rings. The molecule has 0 atom stereocenters. The van der Waals surface area contributed by atoms with E-state index in [0.717, 1.165) is 36.7 Å². The summed E-state index contributed by atoms with van der Waals surface area (Å²) in [5.74, 6) is 2.84. The zero-order valence-electron chi connectivity index (χ0n) is 17.5. The Morgan fingerprint density at radius 3 is 2.33 bits per heavy atom. The van der Waals surface area contributed by atoms with Gasteiger partial charge in [-0.1, -0.05) is 36.4 Å². The molecule has 6 heteroatoms. The van der Waals surface area contributed by atoms with Crippen LogP contribution in [0, 0.1) is 0 Å². The molecule has 6 nitrogen and oxygen atoms in total. The molecular formula is C24H28N4O2. The number of hydrogen-bond acceptors (Lipinski definition) is 4. The highest BCUT2D eigenvalue weighted by atomic mass is 16.5. The Labute approximate surface area is 178 Å². The minimum absolute atomic E-state index is 0.548. The van der Waals surface area contributed by atoms with Crippen LogP contribution in [-0.4, -0.2) is 31.6 Å². The number of aryl methyl sites for hydroxylation is 1. The van der Waals surface area contributed by atoms with Crippen molar-refractivity contribution >= 4 is 5.96 Å². The van der Waals surface area contributed by atoms with Gasteiger partial charge in [0.05, 0.1) is 7.11 Å². The van der Waals surface area contributed by atoms with Gasteiger partial charge in [-0.3, -0.25) is 4.99 Å². The van der Waals surface area contributed by atoms with Crippen LogP contribution < -0.4 is 20.1 Å². The number of rotatable bonds is 9. The van der Waals surface area contributed by atoms with Crippen LogP contribution >= 0.6 is 0 Å². The summed E-state index contributed by atoms with van der Waals surface area (Å²) in [7, 11) is 3.41. The van der Waals surface area contributed by atoms with Gasteiger partial charge in [-0.15, -0.1) is 0 Å². The van der Waals surface area contributed by atoms with Crippen LogP contribution in [0.4, 0.5) is 0 Å². The lowest BCUT2D eigenvalue weighted by atomic mass is 10.1. The zero-order chi connectivity index (χ0) is 21.0. The molecule has 0 aliphatic carbocycles. The van der Waals surface area contributed by atoms with Crippen LogP contribution in [0.25, 0.3) is 0 Å². The molecule has 0 saturated carbocycles. The van der Waals surface area contributed by atoms with Crippen molar-refractivity contribution in [3.63, 3.8) is 0 Å². The molecule has 156 valence electrons. The largest absolute Gasteiger partial charge is 0.497 e. The Morgan fingerprint density at radius 1 is 0.900 bits per heavy atom. The highest BCUT2D eigenvalue weighted by Gasteiger charge is 2.02. The average molecular weight is 405 g/mol. The summed E-state index contributed by atoms with van der Waals surface area (Å²) in [6, 6.07) is 21.8. The molecule has 0 fully saturated rings. The van der Waals surface area contributed by atoms with E-state index in [9.17, 15) is 0 Å². The molecule has 0 unspecified atom stereocenters. The number of pyridine rings is 1. The van der Waals surface area contributed by atoms with Crippen LogP contribution in [0.1, 0.15) is 17.5 Å². The number of aliphatic imine (C=N–C) groups is 1. The lowest BCUT2D eigenvalue weighted by Gasteiger charge is -2.12. The molecular weight excluding hydrogens is 376 g/mol. The fraction of sp³-hybridized carbons (Fsp3) is 0.250. The summed E-state index contributed by atoms with van der Waals surface area (Å²) in [6.45, 7) is 1.50. The molecule has 1 heterocycles. The number of aromatic nitrogens is 1. The first kappa shape index (κ1) is 21.2. The molecule has 0 radical (unpaired) electrons. The maximum Gasteiger partial charge on any atom is 0.219 e. The van der Waals surface area contributed by atoms with Gasteiger partial charge in [0.2, 0.25) is 5.88 Å². The van der Waals surface area contributed by atoms with Crippen molar-refractivity contribution in [3.05, 3.63) is 84.1 Å². The first-order valence-electron chi connectivity index (χ1n) is 10.0. The molecule has 0 aliphatic heterocycles. The fourth-order valence-electron chi connectivity index (χ4n) is 2.89. The van der Waals surface area contributed by atoms with Gasteiger partial charge >= 0.3 is 0 Å². The fourth-order valence-corrected chi connectivity index (χ4v) is 2.89. The number of benzene rings is 2. The minimum atomic E-state index is 0.548. The molecule has 1 aromatic heterocycles. The van der Waals surface area contributed by atoms with E-state index >= 15 is 0 Å². The molecule has 0 saturated heterocycles. The maximum atomic E-state index is 5.76. The Bertz CT molecular complexity index is 910. The lowest BCUT2D eigenvalue weighted by Crippen LogP contribution is -2.37. The number of methoxy groups -OCH3 is 1. The van der Waals surface area contributed by atoms with E-state index in [4.69, 9.17) is 9.47 Å². The van der Waals surface area contributed by atoms with E-state index in [1.165, 1.54) is 5.56 Å². The van der Waals surface area contributed by atoms with Gasteiger partial charge in [0.1, 0.15) is 11.5 Å². The Hall–Kier alpha value is -3.54. The van der Waals surface area contributed by atoms with Crippen LogP contribution in [0.2, 0.25) is 0 Å². The molecule has 3 rings (SSSR count). The molecule has 0 bridgehead atoms. The van der Waals surface area contributed by atoms with Gasteiger partial charge in [-0.05, 0) is 48.2 Å². The Morgan fingerprint density at radius 2 is 1.67 bits per heavy atom. The van der Waals surface area contributed by atoms with E-state index in [1.54, 1.807) is 20.4 Å². The first-order valence-corrected chi connectivity index (χ1v) is 10.0. The van der Waals surface area contributed by atoms with E-state index in [0.29, 0.717) is 18.2 Å². The van der Waals surface area contributed by atoms with Crippen LogP contribution in [0.15, 0.2) is 77.9 Å². The lowest BCUT2D eigenvalue weighted by molar-refractivity contribution is 0.412. The maximum absolute atomic E-state index is 5.76. The van der Waals surface area contributed by atoms with E-state index in [-0.39, 0.29) is 0 Å². The highest BCUT2D eigenvalue weighted by Crippen LogP contribution is 2.22. The summed E-state index contributed by atoms with van der Waals surface area (Å²) in [5.41, 5.74) is 2.40. The number of nitrogens with zero attached hydrogens (tertiary/aromatic N) is 2. The number of nitrogens with one attached hydrogen (secondary N) is 2. The average Bonchev–Trinajstić information content (AvgIpc) is 2.81. The smallest absolute Gasteiger partial charge is 0.219 e. The Balaban J connectivity index is 1.40. The van der Waals surface area contributed by atoms with Crippen molar-refractivity contribution in [3.8, 4) is 17.4 Å². The third kappa shape index (κ3) is 6.81. The van der Waals surface area contributed by atoms with Crippen molar-refractivity contribution in [2.75, 3.05) is 20.7 Å². The van der Waals surface area contributed by atoms with E-state index in [1.807, 2.05) is 42.5 Å². The third-order valence-corrected chi connectivity index (χ3v) is 4.54. The second-order valence-electron chi connectivity index (χ2n) is 6.72. The summed E-state index contributed by atoms with van der Waals surface area (Å²) in [6.07, 6.45) is 3.89. The summed E-state index contributed by atoms with van der Waals surface area (Å²) in [4.78, 5) is 8.65. The predicted molar refractivity (Wildman–Crippen MR) is 120 cm³/mol. The second-order valence-corrected chi connectivity index (χ2v) is 6.72. The van der Waals surface area contributed by atoms with E-state index < -0.39 is 0 Å². The van der Waals surface area contributed by atoms with Gasteiger partial charge in [0.25, 0.3) is 0 Å². The van der Waals surface area contributed by atoms with Gasteiger partial charge in [-0.2, -0.15) is 0 Å². The Kier molecular flexibility index (Phi) is 8.09. The van der Waals surface area contributed by atoms with Gasteiger partial charge in [-0.25, -0.2) is 4.98 Å². The van der Waals surface area contributed by atoms with Gasteiger partial charge in [0, 0.05) is 32.4 Å². The van der Waals surface area contributed by atoms with Crippen molar-refractivity contribution in [1.29, 1.82) is 0 Å². The van der Waals surface area contributed by atoms with Gasteiger partial charge < -0.3 is 20.1 Å². The molecule has 0 amide bonds.